The lowest BCUT2D eigenvalue weighted by atomic mass is 9.68. The first kappa shape index (κ1) is 12.0. The molecule has 1 fully saturated rings. The van der Waals surface area contributed by atoms with Crippen LogP contribution in [0.25, 0.3) is 0 Å². The Morgan fingerprint density at radius 2 is 1.94 bits per heavy atom. The minimum atomic E-state index is 0.411. The van der Waals surface area contributed by atoms with Crippen molar-refractivity contribution in [3.63, 3.8) is 0 Å². The first-order valence-electron chi connectivity index (χ1n) is 7.31. The van der Waals surface area contributed by atoms with Gasteiger partial charge in [0.1, 0.15) is 5.75 Å². The van der Waals surface area contributed by atoms with Crippen LogP contribution >= 0.6 is 0 Å². The van der Waals surface area contributed by atoms with Gasteiger partial charge in [-0.2, -0.15) is 0 Å². The van der Waals surface area contributed by atoms with E-state index in [0.29, 0.717) is 17.6 Å². The van der Waals surface area contributed by atoms with Crippen LogP contribution < -0.4 is 5.73 Å². The zero-order valence-electron chi connectivity index (χ0n) is 10.9. The van der Waals surface area contributed by atoms with Gasteiger partial charge in [-0.25, -0.2) is 0 Å². The number of rotatable bonds is 2. The lowest BCUT2D eigenvalue weighted by Gasteiger charge is -2.37. The summed E-state index contributed by atoms with van der Waals surface area (Å²) in [4.78, 5) is 0. The zero-order chi connectivity index (χ0) is 12.5. The quantitative estimate of drug-likeness (QED) is 0.840. The smallest absolute Gasteiger partial charge is 0.115 e. The van der Waals surface area contributed by atoms with Gasteiger partial charge in [-0.3, -0.25) is 0 Å². The third-order valence-electron chi connectivity index (χ3n) is 4.99. The van der Waals surface area contributed by atoms with Crippen LogP contribution in [0.4, 0.5) is 0 Å². The summed E-state index contributed by atoms with van der Waals surface area (Å²) in [7, 11) is 0. The minimum Gasteiger partial charge on any atom is -0.508 e. The molecule has 1 aromatic carbocycles. The van der Waals surface area contributed by atoms with Crippen molar-refractivity contribution in [1.29, 1.82) is 0 Å². The van der Waals surface area contributed by atoms with Crippen LogP contribution in [0.15, 0.2) is 18.2 Å². The van der Waals surface area contributed by atoms with Crippen LogP contribution in [0.3, 0.4) is 0 Å². The molecule has 0 heterocycles. The van der Waals surface area contributed by atoms with E-state index in [1.807, 2.05) is 12.1 Å². The van der Waals surface area contributed by atoms with Crippen LogP contribution in [0.5, 0.6) is 5.75 Å². The summed E-state index contributed by atoms with van der Waals surface area (Å²) < 4.78 is 0. The van der Waals surface area contributed by atoms with Gasteiger partial charge in [-0.05, 0) is 73.2 Å². The van der Waals surface area contributed by atoms with E-state index in [4.69, 9.17) is 5.73 Å². The molecule has 2 aliphatic carbocycles. The number of benzene rings is 1. The zero-order valence-corrected chi connectivity index (χ0v) is 10.9. The molecule has 0 amide bonds. The molecular weight excluding hydrogens is 222 g/mol. The number of phenols is 1. The molecule has 0 saturated heterocycles. The number of phenolic OH excluding ortho intramolecular Hbond substituents is 1. The fourth-order valence-electron chi connectivity index (χ4n) is 4.11. The van der Waals surface area contributed by atoms with E-state index in [1.165, 1.54) is 43.2 Å². The molecule has 0 bridgehead atoms. The molecule has 2 atom stereocenters. The number of aromatic hydroxyl groups is 1. The Morgan fingerprint density at radius 1 is 1.17 bits per heavy atom. The maximum absolute atomic E-state index is 9.78. The molecular formula is C16H23NO. The van der Waals surface area contributed by atoms with Crippen molar-refractivity contribution in [2.75, 3.05) is 6.54 Å². The average Bonchev–Trinajstić information content (AvgIpc) is 2.90. The fourth-order valence-corrected chi connectivity index (χ4v) is 4.11. The summed E-state index contributed by atoms with van der Waals surface area (Å²) in [5.74, 6) is 2.41. The average molecular weight is 245 g/mol. The molecule has 3 rings (SSSR count). The molecule has 0 spiro atoms. The predicted molar refractivity (Wildman–Crippen MR) is 73.7 cm³/mol. The standard InChI is InChI=1S/C16H23NO/c17-10-13-6-5-11-7-8-14(18)9-15(11)16(13)12-3-1-2-4-12/h7-9,12-13,16,18H,1-6,10,17H2. The molecule has 0 radical (unpaired) electrons. The van der Waals surface area contributed by atoms with Gasteiger partial charge in [0.25, 0.3) is 0 Å². The summed E-state index contributed by atoms with van der Waals surface area (Å²) in [5, 5.41) is 9.78. The van der Waals surface area contributed by atoms with Gasteiger partial charge in [-0.1, -0.05) is 18.9 Å². The van der Waals surface area contributed by atoms with Gasteiger partial charge in [0.2, 0.25) is 0 Å². The highest BCUT2D eigenvalue weighted by Gasteiger charge is 2.35. The Labute approximate surface area is 109 Å². The van der Waals surface area contributed by atoms with Gasteiger partial charge >= 0.3 is 0 Å². The van der Waals surface area contributed by atoms with E-state index in [2.05, 4.69) is 6.07 Å². The molecule has 2 aliphatic rings. The van der Waals surface area contributed by atoms with Crippen LogP contribution in [0.2, 0.25) is 0 Å². The summed E-state index contributed by atoms with van der Waals surface area (Å²) in [5.41, 5.74) is 8.83. The maximum atomic E-state index is 9.78. The highest BCUT2D eigenvalue weighted by atomic mass is 16.3. The van der Waals surface area contributed by atoms with Gasteiger partial charge in [-0.15, -0.1) is 0 Å². The second-order valence-corrected chi connectivity index (χ2v) is 5.99. The molecule has 2 unspecified atom stereocenters. The van der Waals surface area contributed by atoms with Crippen molar-refractivity contribution in [3.05, 3.63) is 29.3 Å². The number of aryl methyl sites for hydroxylation is 1. The van der Waals surface area contributed by atoms with Crippen LogP contribution in [0.1, 0.15) is 49.1 Å². The van der Waals surface area contributed by atoms with Crippen molar-refractivity contribution in [1.82, 2.24) is 0 Å². The van der Waals surface area contributed by atoms with Crippen LogP contribution in [0, 0.1) is 11.8 Å². The van der Waals surface area contributed by atoms with Gasteiger partial charge in [0.15, 0.2) is 0 Å². The molecule has 0 aromatic heterocycles. The van der Waals surface area contributed by atoms with E-state index in [9.17, 15) is 5.11 Å². The first-order chi connectivity index (χ1) is 8.79. The van der Waals surface area contributed by atoms with E-state index in [0.717, 1.165) is 18.9 Å². The monoisotopic (exact) mass is 245 g/mol. The Balaban J connectivity index is 1.99. The number of nitrogens with two attached hydrogens (primary N) is 1. The summed E-state index contributed by atoms with van der Waals surface area (Å²) in [6.07, 6.45) is 7.77. The Bertz CT molecular complexity index is 423. The van der Waals surface area contributed by atoms with Crippen molar-refractivity contribution in [3.8, 4) is 5.75 Å². The predicted octanol–water partition coefficient (Wildman–Crippen LogP) is 3.19. The van der Waals surface area contributed by atoms with E-state index >= 15 is 0 Å². The molecule has 18 heavy (non-hydrogen) atoms. The van der Waals surface area contributed by atoms with Gasteiger partial charge in [0.05, 0.1) is 0 Å². The van der Waals surface area contributed by atoms with E-state index in [1.54, 1.807) is 0 Å². The lowest BCUT2D eigenvalue weighted by Crippen LogP contribution is -2.31. The Morgan fingerprint density at radius 3 is 2.67 bits per heavy atom. The van der Waals surface area contributed by atoms with Crippen LogP contribution in [-0.4, -0.2) is 11.7 Å². The molecule has 1 saturated carbocycles. The second-order valence-electron chi connectivity index (χ2n) is 5.99. The molecule has 98 valence electrons. The Hall–Kier alpha value is -1.02. The van der Waals surface area contributed by atoms with Crippen molar-refractivity contribution < 1.29 is 5.11 Å². The van der Waals surface area contributed by atoms with Gasteiger partial charge < -0.3 is 10.8 Å². The molecule has 3 N–H and O–H groups in total. The van der Waals surface area contributed by atoms with Gasteiger partial charge in [0, 0.05) is 0 Å². The van der Waals surface area contributed by atoms with Crippen molar-refractivity contribution >= 4 is 0 Å². The lowest BCUT2D eigenvalue weighted by molar-refractivity contribution is 0.284. The molecule has 2 nitrogen and oxygen atoms in total. The highest BCUT2D eigenvalue weighted by Crippen LogP contribution is 2.47. The topological polar surface area (TPSA) is 46.2 Å². The fraction of sp³-hybridized carbons (Fsp3) is 0.625. The summed E-state index contributed by atoms with van der Waals surface area (Å²) in [6, 6.07) is 5.94. The third kappa shape index (κ3) is 2.03. The Kier molecular flexibility index (Phi) is 3.29. The minimum absolute atomic E-state index is 0.411. The summed E-state index contributed by atoms with van der Waals surface area (Å²) >= 11 is 0. The number of hydrogen-bond donors (Lipinski definition) is 2. The molecule has 1 aromatic rings. The van der Waals surface area contributed by atoms with Crippen molar-refractivity contribution in [2.45, 2.75) is 44.4 Å². The number of hydrogen-bond acceptors (Lipinski definition) is 2. The normalized spacial score (nSPS) is 28.3. The SMILES string of the molecule is NCC1CCc2ccc(O)cc2C1C1CCCC1. The van der Waals surface area contributed by atoms with E-state index in [-0.39, 0.29) is 0 Å². The third-order valence-corrected chi connectivity index (χ3v) is 4.99. The van der Waals surface area contributed by atoms with Crippen LogP contribution in [-0.2, 0) is 6.42 Å². The first-order valence-corrected chi connectivity index (χ1v) is 7.31. The largest absolute Gasteiger partial charge is 0.508 e. The molecule has 0 aliphatic heterocycles. The second kappa shape index (κ2) is 4.93. The maximum Gasteiger partial charge on any atom is 0.115 e. The molecule has 2 heteroatoms. The van der Waals surface area contributed by atoms with Crippen molar-refractivity contribution in [2.24, 2.45) is 17.6 Å². The van der Waals surface area contributed by atoms with E-state index < -0.39 is 0 Å². The number of fused-ring (bicyclic) bond motifs is 1. The highest BCUT2D eigenvalue weighted by molar-refractivity contribution is 5.40. The summed E-state index contributed by atoms with van der Waals surface area (Å²) in [6.45, 7) is 0.788.